The molecule has 0 fully saturated rings. The molecule has 0 bridgehead atoms. The second-order valence-corrected chi connectivity index (χ2v) is 8.81. The van der Waals surface area contributed by atoms with Gasteiger partial charge in [0.25, 0.3) is 0 Å². The number of hydrogen-bond donors (Lipinski definition) is 2. The summed E-state index contributed by atoms with van der Waals surface area (Å²) in [5.41, 5.74) is 0. The lowest BCUT2D eigenvalue weighted by molar-refractivity contribution is -0.461. The zero-order chi connectivity index (χ0) is 31.6. The summed E-state index contributed by atoms with van der Waals surface area (Å²) in [6.45, 7) is -3.97. The van der Waals surface area contributed by atoms with Gasteiger partial charge in [0.05, 0.1) is 13.2 Å². The first-order chi connectivity index (χ1) is 16.9. The zero-order valence-corrected chi connectivity index (χ0v) is 19.1. The lowest BCUT2D eigenvalue weighted by Crippen LogP contribution is -2.56. The highest BCUT2D eigenvalue weighted by atomic mass is 32.2. The van der Waals surface area contributed by atoms with E-state index in [0.29, 0.717) is 0 Å². The van der Waals surface area contributed by atoms with Gasteiger partial charge >= 0.3 is 56.9 Å². The molecule has 0 aliphatic rings. The van der Waals surface area contributed by atoms with Crippen LogP contribution in [0.1, 0.15) is 12.8 Å². The monoisotopic (exact) mass is 666 g/mol. The smallest absolute Gasteiger partial charge is 0.381 e. The van der Waals surface area contributed by atoms with Gasteiger partial charge in [-0.3, -0.25) is 4.55 Å². The quantitative estimate of drug-likeness (QED) is 0.0478. The fraction of sp³-hybridized carbons (Fsp3) is 1.00. The van der Waals surface area contributed by atoms with E-state index in [-0.39, 0.29) is 0 Å². The Morgan fingerprint density at radius 1 is 0.615 bits per heavy atom. The third-order valence-corrected chi connectivity index (χ3v) is 5.12. The average Bonchev–Trinajstić information content (AvgIpc) is 2.68. The van der Waals surface area contributed by atoms with Crippen molar-refractivity contribution in [3.8, 4) is 0 Å². The van der Waals surface area contributed by atoms with E-state index in [1.165, 1.54) is 0 Å². The van der Waals surface area contributed by atoms with Crippen LogP contribution in [0.3, 0.4) is 0 Å². The molecular weight excluding hydrogens is 656 g/mol. The van der Waals surface area contributed by atoms with E-state index >= 15 is 0 Å². The summed E-state index contributed by atoms with van der Waals surface area (Å²) in [5, 5.41) is -2.78. The van der Waals surface area contributed by atoms with Gasteiger partial charge in [0.15, 0.2) is 0 Å². The van der Waals surface area contributed by atoms with E-state index in [0.717, 1.165) is 0 Å². The molecule has 0 saturated carbocycles. The van der Waals surface area contributed by atoms with Crippen LogP contribution in [0.5, 0.6) is 0 Å². The summed E-state index contributed by atoms with van der Waals surface area (Å²) in [6.07, 6.45) is -31.9. The number of hydrogen-bond acceptors (Lipinski definition) is 9. The van der Waals surface area contributed by atoms with Crippen LogP contribution in [0.25, 0.3) is 0 Å². The van der Waals surface area contributed by atoms with E-state index in [2.05, 4.69) is 18.8 Å². The summed E-state index contributed by atoms with van der Waals surface area (Å²) in [6, 6.07) is 0. The standard InChI is InChI=1S/C12H10F16O9S2/c13-5(14,7(17,18)34-9(21,22)11(25,26)38-37-36-29)1-3-33-4-2-6(15,16)8(19,20)35-10(23,24)12(27,28)39(30,31)32/h29H,1-4H2,(H,30,31,32). The Labute approximate surface area is 208 Å². The molecule has 0 aromatic carbocycles. The lowest BCUT2D eigenvalue weighted by atomic mass is 10.2. The van der Waals surface area contributed by atoms with Crippen LogP contribution in [0.15, 0.2) is 0 Å². The van der Waals surface area contributed by atoms with Gasteiger partial charge in [-0.25, -0.2) is 14.7 Å². The predicted octanol–water partition coefficient (Wildman–Crippen LogP) is 5.60. The summed E-state index contributed by atoms with van der Waals surface area (Å²) < 4.78 is 250. The van der Waals surface area contributed by atoms with E-state index in [9.17, 15) is 78.7 Å². The first-order valence-electron chi connectivity index (χ1n) is 8.56. The van der Waals surface area contributed by atoms with Crippen LogP contribution in [0.4, 0.5) is 70.2 Å². The van der Waals surface area contributed by atoms with Gasteiger partial charge in [0.2, 0.25) is 0 Å². The summed E-state index contributed by atoms with van der Waals surface area (Å²) in [7, 11) is -7.22. The highest BCUT2D eigenvalue weighted by Crippen LogP contribution is 2.51. The summed E-state index contributed by atoms with van der Waals surface area (Å²) in [5.74, 6) is -11.9. The van der Waals surface area contributed by atoms with Crippen molar-refractivity contribution in [3.05, 3.63) is 0 Å². The Hall–Kier alpha value is -1.10. The first kappa shape index (κ1) is 37.9. The van der Waals surface area contributed by atoms with E-state index in [1.54, 1.807) is 0 Å². The summed E-state index contributed by atoms with van der Waals surface area (Å²) >= 11 is -1.89. The van der Waals surface area contributed by atoms with Crippen molar-refractivity contribution < 1.29 is 112 Å². The van der Waals surface area contributed by atoms with Gasteiger partial charge in [0.1, 0.15) is 12.0 Å². The van der Waals surface area contributed by atoms with Crippen LogP contribution < -0.4 is 0 Å². The third-order valence-electron chi connectivity index (χ3n) is 3.66. The van der Waals surface area contributed by atoms with Crippen molar-refractivity contribution in [1.82, 2.24) is 0 Å². The molecule has 0 saturated heterocycles. The molecule has 0 spiro atoms. The zero-order valence-electron chi connectivity index (χ0n) is 17.4. The maximum absolute atomic E-state index is 13.5. The topological polar surface area (TPSA) is 121 Å². The van der Waals surface area contributed by atoms with E-state index in [4.69, 9.17) is 9.81 Å². The molecule has 0 unspecified atom stereocenters. The van der Waals surface area contributed by atoms with Crippen molar-refractivity contribution in [2.45, 2.75) is 59.6 Å². The van der Waals surface area contributed by atoms with Crippen LogP contribution in [0.2, 0.25) is 0 Å². The minimum absolute atomic E-state index is 1.87. The van der Waals surface area contributed by atoms with Crippen LogP contribution in [-0.4, -0.2) is 78.2 Å². The fourth-order valence-electron chi connectivity index (χ4n) is 1.64. The van der Waals surface area contributed by atoms with E-state index in [1.807, 2.05) is 4.74 Å². The molecule has 27 heteroatoms. The lowest BCUT2D eigenvalue weighted by Gasteiger charge is -2.32. The molecule has 0 radical (unpaired) electrons. The van der Waals surface area contributed by atoms with Crippen molar-refractivity contribution in [2.24, 2.45) is 0 Å². The highest BCUT2D eigenvalue weighted by molar-refractivity contribution is 7.95. The molecule has 0 aromatic rings. The van der Waals surface area contributed by atoms with Gasteiger partial charge in [-0.1, -0.05) is 5.04 Å². The van der Waals surface area contributed by atoms with Gasteiger partial charge in [-0.2, -0.15) is 78.7 Å². The van der Waals surface area contributed by atoms with Gasteiger partial charge < -0.3 is 4.74 Å². The Morgan fingerprint density at radius 3 is 1.31 bits per heavy atom. The molecule has 2 N–H and O–H groups in total. The first-order valence-corrected chi connectivity index (χ1v) is 10.7. The predicted molar refractivity (Wildman–Crippen MR) is 85.7 cm³/mol. The highest BCUT2D eigenvalue weighted by Gasteiger charge is 2.74. The molecule has 39 heavy (non-hydrogen) atoms. The maximum Gasteiger partial charge on any atom is 0.460 e. The molecule has 0 amide bonds. The number of alkyl halides is 16. The second kappa shape index (κ2) is 12.0. The molecule has 0 aliphatic heterocycles. The Balaban J connectivity index is 5.19. The van der Waals surface area contributed by atoms with Gasteiger partial charge in [-0.05, 0) is 0 Å². The molecule has 0 aliphatic carbocycles. The Kier molecular flexibility index (Phi) is 11.7. The van der Waals surface area contributed by atoms with Crippen molar-refractivity contribution in [3.63, 3.8) is 0 Å². The molecule has 0 aromatic heterocycles. The van der Waals surface area contributed by atoms with Crippen LogP contribution >= 0.6 is 12.0 Å². The van der Waals surface area contributed by atoms with Gasteiger partial charge in [-0.15, -0.1) is 4.33 Å². The van der Waals surface area contributed by atoms with Crippen molar-refractivity contribution in [2.75, 3.05) is 13.2 Å². The number of rotatable bonds is 18. The van der Waals surface area contributed by atoms with Gasteiger partial charge in [0, 0.05) is 12.8 Å². The summed E-state index contributed by atoms with van der Waals surface area (Å²) in [4.78, 5) is 0. The molecule has 9 nitrogen and oxygen atoms in total. The second-order valence-electron chi connectivity index (χ2n) is 6.53. The average molecular weight is 666 g/mol. The van der Waals surface area contributed by atoms with Crippen LogP contribution in [-0.2, 0) is 33.7 Å². The molecule has 0 atom stereocenters. The maximum atomic E-state index is 13.5. The molecule has 0 rings (SSSR count). The number of halogens is 16. The molecular formula is C12H10F16O9S2. The molecule has 0 heterocycles. The SMILES string of the molecule is O=S(=O)(O)C(F)(F)C(F)(F)OC(F)(F)C(F)(F)CCOCCC(F)(F)C(F)(F)OC(F)(F)C(F)(F)SOOO. The van der Waals surface area contributed by atoms with Crippen LogP contribution in [0, 0.1) is 0 Å². The van der Waals surface area contributed by atoms with E-state index < -0.39 is 95.0 Å². The normalized spacial score (nSPS) is 15.6. The Bertz CT molecular complexity index is 914. The fourth-order valence-corrected chi connectivity index (χ4v) is 2.24. The van der Waals surface area contributed by atoms with Crippen molar-refractivity contribution in [1.29, 1.82) is 0 Å². The number of ether oxygens (including phenoxy) is 3. The van der Waals surface area contributed by atoms with Crippen molar-refractivity contribution >= 4 is 22.2 Å². The molecule has 236 valence electrons. The largest absolute Gasteiger partial charge is 0.460 e. The minimum Gasteiger partial charge on any atom is -0.381 e. The Morgan fingerprint density at radius 2 is 0.974 bits per heavy atom. The third kappa shape index (κ3) is 8.94. The minimum atomic E-state index is -7.22.